The summed E-state index contributed by atoms with van der Waals surface area (Å²) in [5.41, 5.74) is 0.133. The van der Waals surface area contributed by atoms with Crippen LogP contribution in [0.15, 0.2) is 24.3 Å². The number of nitrogens with one attached hydrogen (secondary N) is 2. The highest BCUT2D eigenvalue weighted by molar-refractivity contribution is 6.09. The van der Waals surface area contributed by atoms with E-state index in [9.17, 15) is 14.4 Å². The van der Waals surface area contributed by atoms with E-state index in [0.29, 0.717) is 25.9 Å². The molecule has 4 rings (SSSR count). The molecule has 1 aliphatic carbocycles. The molecule has 1 spiro atoms. The van der Waals surface area contributed by atoms with Crippen LogP contribution < -0.4 is 15.4 Å². The number of urea groups is 1. The van der Waals surface area contributed by atoms with Crippen molar-refractivity contribution in [2.45, 2.75) is 50.1 Å². The maximum absolute atomic E-state index is 12.8. The molecule has 7 nitrogen and oxygen atoms in total. The molecule has 1 aromatic carbocycles. The van der Waals surface area contributed by atoms with Gasteiger partial charge in [0.1, 0.15) is 17.8 Å². The zero-order valence-electron chi connectivity index (χ0n) is 14.6. The van der Waals surface area contributed by atoms with Crippen LogP contribution in [0.3, 0.4) is 0 Å². The highest BCUT2D eigenvalue weighted by Crippen LogP contribution is 2.34. The topological polar surface area (TPSA) is 87.7 Å². The van der Waals surface area contributed by atoms with Crippen LogP contribution in [0.4, 0.5) is 4.79 Å². The molecular formula is C19H23N3O4. The Bertz CT molecular complexity index is 742. The minimum absolute atomic E-state index is 0.170. The lowest BCUT2D eigenvalue weighted by molar-refractivity contribution is -0.136. The van der Waals surface area contributed by atoms with Crippen molar-refractivity contribution in [1.29, 1.82) is 0 Å². The van der Waals surface area contributed by atoms with Crippen molar-refractivity contribution in [3.8, 4) is 5.75 Å². The normalized spacial score (nSPS) is 24.0. The van der Waals surface area contributed by atoms with Gasteiger partial charge in [-0.2, -0.15) is 0 Å². The molecule has 3 aliphatic rings. The third-order valence-electron chi connectivity index (χ3n) is 5.55. The number of carbonyl (C=O) groups is 3. The number of nitrogens with zero attached hydrogens (tertiary/aromatic N) is 1. The summed E-state index contributed by atoms with van der Waals surface area (Å²) in [6.45, 7) is 0.278. The van der Waals surface area contributed by atoms with E-state index in [0.717, 1.165) is 35.5 Å². The lowest BCUT2D eigenvalue weighted by Crippen LogP contribution is -2.49. The summed E-state index contributed by atoms with van der Waals surface area (Å²) in [6.07, 6.45) is 4.89. The van der Waals surface area contributed by atoms with Gasteiger partial charge in [-0.05, 0) is 18.9 Å². The maximum Gasteiger partial charge on any atom is 0.325 e. The molecule has 1 aromatic rings. The summed E-state index contributed by atoms with van der Waals surface area (Å²) >= 11 is 0. The Morgan fingerprint density at radius 1 is 1.23 bits per heavy atom. The number of fused-ring (bicyclic) bond motifs is 1. The van der Waals surface area contributed by atoms with Crippen LogP contribution in [0, 0.1) is 0 Å². The van der Waals surface area contributed by atoms with E-state index in [1.807, 2.05) is 24.3 Å². The third kappa shape index (κ3) is 2.91. The lowest BCUT2D eigenvalue weighted by Gasteiger charge is -2.30. The van der Waals surface area contributed by atoms with E-state index < -0.39 is 11.6 Å². The number of carbonyl (C=O) groups excluding carboxylic acids is 3. The molecule has 2 fully saturated rings. The summed E-state index contributed by atoms with van der Waals surface area (Å²) in [5, 5.41) is 5.77. The SMILES string of the molecule is O=C(CN1C(=O)NC2(CCCCC2)C1=O)NC1CCOc2ccccc21. The van der Waals surface area contributed by atoms with Gasteiger partial charge in [0.05, 0.1) is 12.6 Å². The van der Waals surface area contributed by atoms with Crippen LogP contribution in [0.25, 0.3) is 0 Å². The Morgan fingerprint density at radius 2 is 2.00 bits per heavy atom. The van der Waals surface area contributed by atoms with Crippen molar-refractivity contribution >= 4 is 17.8 Å². The van der Waals surface area contributed by atoms with E-state index in [-0.39, 0.29) is 24.4 Å². The first-order chi connectivity index (χ1) is 12.6. The molecule has 0 radical (unpaired) electrons. The predicted octanol–water partition coefficient (Wildman–Crippen LogP) is 1.88. The lowest BCUT2D eigenvalue weighted by atomic mass is 9.82. The van der Waals surface area contributed by atoms with E-state index >= 15 is 0 Å². The fourth-order valence-corrected chi connectivity index (χ4v) is 4.19. The zero-order chi connectivity index (χ0) is 18.1. The molecule has 1 atom stereocenters. The van der Waals surface area contributed by atoms with E-state index in [1.165, 1.54) is 0 Å². The predicted molar refractivity (Wildman–Crippen MR) is 93.5 cm³/mol. The van der Waals surface area contributed by atoms with E-state index in [2.05, 4.69) is 10.6 Å². The molecule has 7 heteroatoms. The first kappa shape index (κ1) is 16.9. The molecule has 26 heavy (non-hydrogen) atoms. The van der Waals surface area contributed by atoms with Gasteiger partial charge in [-0.15, -0.1) is 0 Å². The maximum atomic E-state index is 12.8. The van der Waals surface area contributed by atoms with Crippen molar-refractivity contribution in [1.82, 2.24) is 15.5 Å². The van der Waals surface area contributed by atoms with Crippen LogP contribution in [-0.4, -0.2) is 41.4 Å². The molecule has 1 saturated carbocycles. The molecule has 0 aromatic heterocycles. The fourth-order valence-electron chi connectivity index (χ4n) is 4.19. The summed E-state index contributed by atoms with van der Waals surface area (Å²) in [4.78, 5) is 38.6. The Kier molecular flexibility index (Phi) is 4.30. The van der Waals surface area contributed by atoms with Crippen LogP contribution in [-0.2, 0) is 9.59 Å². The van der Waals surface area contributed by atoms with Gasteiger partial charge in [0.2, 0.25) is 5.91 Å². The minimum atomic E-state index is -0.791. The Morgan fingerprint density at radius 3 is 2.81 bits per heavy atom. The molecule has 4 amide bonds. The smallest absolute Gasteiger partial charge is 0.325 e. The number of rotatable bonds is 3. The van der Waals surface area contributed by atoms with Crippen molar-refractivity contribution in [2.75, 3.05) is 13.2 Å². The quantitative estimate of drug-likeness (QED) is 0.809. The molecule has 138 valence electrons. The second-order valence-electron chi connectivity index (χ2n) is 7.26. The van der Waals surface area contributed by atoms with Crippen LogP contribution in [0.5, 0.6) is 5.75 Å². The highest BCUT2D eigenvalue weighted by atomic mass is 16.5. The summed E-state index contributed by atoms with van der Waals surface area (Å²) in [6, 6.07) is 6.95. The van der Waals surface area contributed by atoms with Crippen LogP contribution in [0.1, 0.15) is 50.1 Å². The largest absolute Gasteiger partial charge is 0.493 e. The van der Waals surface area contributed by atoms with Crippen LogP contribution >= 0.6 is 0 Å². The van der Waals surface area contributed by atoms with Crippen molar-refractivity contribution < 1.29 is 19.1 Å². The third-order valence-corrected chi connectivity index (χ3v) is 5.55. The first-order valence-corrected chi connectivity index (χ1v) is 9.24. The molecule has 1 saturated heterocycles. The molecule has 1 unspecified atom stereocenters. The van der Waals surface area contributed by atoms with Crippen molar-refractivity contribution in [3.63, 3.8) is 0 Å². The summed E-state index contributed by atoms with van der Waals surface area (Å²) in [7, 11) is 0. The molecular weight excluding hydrogens is 334 g/mol. The standard InChI is InChI=1S/C19H23N3O4/c23-16(20-14-8-11-26-15-7-3-2-6-13(14)15)12-22-17(24)19(21-18(22)25)9-4-1-5-10-19/h2-3,6-7,14H,1,4-5,8-12H2,(H,20,23)(H,21,25). The van der Waals surface area contributed by atoms with Gasteiger partial charge in [-0.3, -0.25) is 14.5 Å². The van der Waals surface area contributed by atoms with E-state index in [1.54, 1.807) is 0 Å². The molecule has 0 bridgehead atoms. The molecule has 2 heterocycles. The number of para-hydroxylation sites is 1. The van der Waals surface area contributed by atoms with Crippen molar-refractivity contribution in [2.24, 2.45) is 0 Å². The number of amides is 4. The summed E-state index contributed by atoms with van der Waals surface area (Å²) < 4.78 is 5.60. The zero-order valence-corrected chi connectivity index (χ0v) is 14.6. The number of ether oxygens (including phenoxy) is 1. The van der Waals surface area contributed by atoms with Crippen molar-refractivity contribution in [3.05, 3.63) is 29.8 Å². The second-order valence-corrected chi connectivity index (χ2v) is 7.26. The van der Waals surface area contributed by atoms with Gasteiger partial charge in [0, 0.05) is 12.0 Å². The van der Waals surface area contributed by atoms with Gasteiger partial charge < -0.3 is 15.4 Å². The van der Waals surface area contributed by atoms with Gasteiger partial charge in [0.15, 0.2) is 0 Å². The average Bonchev–Trinajstić information content (AvgIpc) is 2.87. The van der Waals surface area contributed by atoms with Gasteiger partial charge in [0.25, 0.3) is 5.91 Å². The van der Waals surface area contributed by atoms with Gasteiger partial charge in [-0.1, -0.05) is 37.5 Å². The second kappa shape index (κ2) is 6.63. The number of benzene rings is 1. The fraction of sp³-hybridized carbons (Fsp3) is 0.526. The number of hydrogen-bond donors (Lipinski definition) is 2. The van der Waals surface area contributed by atoms with Crippen LogP contribution in [0.2, 0.25) is 0 Å². The molecule has 2 aliphatic heterocycles. The monoisotopic (exact) mass is 357 g/mol. The Balaban J connectivity index is 1.43. The number of hydrogen-bond acceptors (Lipinski definition) is 4. The highest BCUT2D eigenvalue weighted by Gasteiger charge is 2.51. The number of imide groups is 1. The molecule has 2 N–H and O–H groups in total. The van der Waals surface area contributed by atoms with E-state index in [4.69, 9.17) is 4.74 Å². The Labute approximate surface area is 152 Å². The first-order valence-electron chi connectivity index (χ1n) is 9.24. The Hall–Kier alpha value is -2.57. The minimum Gasteiger partial charge on any atom is -0.493 e. The van der Waals surface area contributed by atoms with Gasteiger partial charge >= 0.3 is 6.03 Å². The average molecular weight is 357 g/mol. The van der Waals surface area contributed by atoms with Gasteiger partial charge in [-0.25, -0.2) is 4.79 Å². The summed E-state index contributed by atoms with van der Waals surface area (Å²) in [5.74, 6) is 0.174.